The largest absolute Gasteiger partial charge is 0.481 e. The summed E-state index contributed by atoms with van der Waals surface area (Å²) in [7, 11) is 0. The third kappa shape index (κ3) is 1.96. The molecule has 0 radical (unpaired) electrons. The summed E-state index contributed by atoms with van der Waals surface area (Å²) in [5, 5.41) is 31.4. The van der Waals surface area contributed by atoms with Crippen LogP contribution in [0.1, 0.15) is 71.6 Å². The molecule has 4 nitrogen and oxygen atoms in total. The molecule has 3 N–H and O–H groups in total. The first-order valence-electron chi connectivity index (χ1n) is 9.89. The van der Waals surface area contributed by atoms with Crippen molar-refractivity contribution in [3.05, 3.63) is 0 Å². The van der Waals surface area contributed by atoms with Crippen molar-refractivity contribution in [3.63, 3.8) is 0 Å². The van der Waals surface area contributed by atoms with Crippen molar-refractivity contribution in [2.45, 2.75) is 77.4 Å². The number of hydrogen-bond donors (Lipinski definition) is 3. The van der Waals surface area contributed by atoms with Crippen molar-refractivity contribution in [2.75, 3.05) is 0 Å². The van der Waals surface area contributed by atoms with Crippen LogP contribution in [0.4, 0.5) is 0 Å². The van der Waals surface area contributed by atoms with Gasteiger partial charge in [0, 0.05) is 11.8 Å². The second-order valence-corrected chi connectivity index (χ2v) is 9.66. The van der Waals surface area contributed by atoms with Crippen molar-refractivity contribution in [1.82, 2.24) is 0 Å². The molecule has 0 bridgehead atoms. The highest BCUT2D eigenvalue weighted by atomic mass is 16.5. The van der Waals surface area contributed by atoms with Crippen LogP contribution in [-0.2, 0) is 4.79 Å². The Labute approximate surface area is 144 Å². The maximum Gasteiger partial charge on any atom is 0.307 e. The molecule has 24 heavy (non-hydrogen) atoms. The summed E-state index contributed by atoms with van der Waals surface area (Å²) in [4.78, 5) is 11.7. The van der Waals surface area contributed by atoms with Gasteiger partial charge >= 0.3 is 5.97 Å². The SMILES string of the molecule is C[C@]12CC[C@H]3[C@@H](CC[C@H]4CCCC(O)(O)[C@@]43C)[C@@H]1CC[C@@H]2C(=O)O. The number of fused-ring (bicyclic) bond motifs is 5. The first-order valence-corrected chi connectivity index (χ1v) is 9.89. The smallest absolute Gasteiger partial charge is 0.307 e. The monoisotopic (exact) mass is 336 g/mol. The van der Waals surface area contributed by atoms with Crippen LogP contribution in [0.5, 0.6) is 0 Å². The van der Waals surface area contributed by atoms with Crippen LogP contribution in [0.2, 0.25) is 0 Å². The highest BCUT2D eigenvalue weighted by molar-refractivity contribution is 5.71. The number of carboxylic acids is 1. The number of carboxylic acid groups (broad SMARTS) is 1. The molecule has 0 aromatic heterocycles. The van der Waals surface area contributed by atoms with Crippen LogP contribution in [0.3, 0.4) is 0 Å². The summed E-state index contributed by atoms with van der Waals surface area (Å²) in [5.41, 5.74) is -0.519. The molecule has 4 heteroatoms. The van der Waals surface area contributed by atoms with Crippen molar-refractivity contribution >= 4 is 5.97 Å². The van der Waals surface area contributed by atoms with Gasteiger partial charge in [-0.25, -0.2) is 0 Å². The molecule has 4 rings (SSSR count). The predicted molar refractivity (Wildman–Crippen MR) is 90.0 cm³/mol. The topological polar surface area (TPSA) is 77.8 Å². The van der Waals surface area contributed by atoms with Crippen LogP contribution in [0.15, 0.2) is 0 Å². The molecule has 0 unspecified atom stereocenters. The van der Waals surface area contributed by atoms with Crippen LogP contribution in [0.25, 0.3) is 0 Å². The first kappa shape index (κ1) is 16.8. The summed E-state index contributed by atoms with van der Waals surface area (Å²) >= 11 is 0. The molecule has 4 aliphatic carbocycles. The summed E-state index contributed by atoms with van der Waals surface area (Å²) in [6.07, 6.45) is 8.41. The van der Waals surface area contributed by atoms with Crippen LogP contribution < -0.4 is 0 Å². The molecule has 0 amide bonds. The van der Waals surface area contributed by atoms with Gasteiger partial charge in [0.15, 0.2) is 5.79 Å². The molecule has 0 aliphatic heterocycles. The van der Waals surface area contributed by atoms with E-state index in [0.29, 0.717) is 30.1 Å². The second kappa shape index (κ2) is 5.20. The normalized spacial score (nSPS) is 52.9. The maximum atomic E-state index is 11.7. The number of carbonyl (C=O) groups is 1. The zero-order valence-corrected chi connectivity index (χ0v) is 15.0. The summed E-state index contributed by atoms with van der Waals surface area (Å²) in [6, 6.07) is 0. The second-order valence-electron chi connectivity index (χ2n) is 9.66. The Morgan fingerprint density at radius 2 is 1.67 bits per heavy atom. The minimum atomic E-state index is -1.56. The van der Waals surface area contributed by atoms with E-state index in [9.17, 15) is 20.1 Å². The van der Waals surface area contributed by atoms with Gasteiger partial charge < -0.3 is 15.3 Å². The first-order chi connectivity index (χ1) is 11.2. The van der Waals surface area contributed by atoms with E-state index in [2.05, 4.69) is 13.8 Å². The Morgan fingerprint density at radius 3 is 2.38 bits per heavy atom. The lowest BCUT2D eigenvalue weighted by molar-refractivity contribution is -0.313. The zero-order chi connectivity index (χ0) is 17.3. The molecule has 4 aliphatic rings. The zero-order valence-electron chi connectivity index (χ0n) is 15.0. The van der Waals surface area contributed by atoms with Crippen LogP contribution in [-0.4, -0.2) is 27.1 Å². The van der Waals surface area contributed by atoms with E-state index < -0.39 is 17.2 Å². The highest BCUT2D eigenvalue weighted by Gasteiger charge is 2.65. The summed E-state index contributed by atoms with van der Waals surface area (Å²) < 4.78 is 0. The van der Waals surface area contributed by atoms with E-state index in [1.807, 2.05) is 0 Å². The van der Waals surface area contributed by atoms with E-state index in [1.54, 1.807) is 0 Å². The van der Waals surface area contributed by atoms with Gasteiger partial charge in [0.25, 0.3) is 0 Å². The van der Waals surface area contributed by atoms with Gasteiger partial charge in [0.2, 0.25) is 0 Å². The van der Waals surface area contributed by atoms with Crippen molar-refractivity contribution in [2.24, 2.45) is 40.4 Å². The minimum absolute atomic E-state index is 0.0988. The molecule has 0 saturated heterocycles. The minimum Gasteiger partial charge on any atom is -0.481 e. The molecular weight excluding hydrogens is 304 g/mol. The van der Waals surface area contributed by atoms with Gasteiger partial charge in [0.1, 0.15) is 0 Å². The summed E-state index contributed by atoms with van der Waals surface area (Å²) in [6.45, 7) is 4.32. The Bertz CT molecular complexity index is 544. The van der Waals surface area contributed by atoms with Gasteiger partial charge in [-0.05, 0) is 80.5 Å². The molecule has 7 atom stereocenters. The average Bonchev–Trinajstić information content (AvgIpc) is 2.86. The molecular formula is C20H32O4. The number of hydrogen-bond acceptors (Lipinski definition) is 3. The lowest BCUT2D eigenvalue weighted by Gasteiger charge is -2.63. The third-order valence-corrected chi connectivity index (χ3v) is 9.14. The van der Waals surface area contributed by atoms with Crippen molar-refractivity contribution in [3.8, 4) is 0 Å². The van der Waals surface area contributed by atoms with Gasteiger partial charge in [0.05, 0.1) is 5.92 Å². The number of aliphatic carboxylic acids is 1. The molecule has 136 valence electrons. The van der Waals surface area contributed by atoms with Gasteiger partial charge in [-0.15, -0.1) is 0 Å². The van der Waals surface area contributed by atoms with Crippen LogP contribution in [0, 0.1) is 40.4 Å². The predicted octanol–water partition coefficient (Wildman–Crippen LogP) is 3.41. The van der Waals surface area contributed by atoms with Gasteiger partial charge in [-0.3, -0.25) is 4.79 Å². The molecule has 0 aromatic rings. The lowest BCUT2D eigenvalue weighted by atomic mass is 9.43. The molecule has 4 fully saturated rings. The van der Waals surface area contributed by atoms with E-state index >= 15 is 0 Å². The molecule has 0 heterocycles. The lowest BCUT2D eigenvalue weighted by Crippen LogP contribution is -2.63. The van der Waals surface area contributed by atoms with E-state index in [0.717, 1.165) is 51.4 Å². The fraction of sp³-hybridized carbons (Fsp3) is 0.950. The van der Waals surface area contributed by atoms with Crippen molar-refractivity contribution < 1.29 is 20.1 Å². The third-order valence-electron chi connectivity index (χ3n) is 9.14. The fourth-order valence-electron chi connectivity index (χ4n) is 7.77. The van der Waals surface area contributed by atoms with E-state index in [4.69, 9.17) is 0 Å². The summed E-state index contributed by atoms with van der Waals surface area (Å²) in [5.74, 6) is -0.764. The Morgan fingerprint density at radius 1 is 0.917 bits per heavy atom. The molecule has 0 spiro atoms. The number of rotatable bonds is 1. The van der Waals surface area contributed by atoms with Gasteiger partial charge in [-0.1, -0.05) is 13.8 Å². The molecule has 0 aromatic carbocycles. The number of aliphatic hydroxyl groups is 2. The highest BCUT2D eigenvalue weighted by Crippen LogP contribution is 2.68. The quantitative estimate of drug-likeness (QED) is 0.641. The Hall–Kier alpha value is -0.610. The Balaban J connectivity index is 1.69. The van der Waals surface area contributed by atoms with Gasteiger partial charge in [-0.2, -0.15) is 0 Å². The Kier molecular flexibility index (Phi) is 3.65. The maximum absolute atomic E-state index is 11.7. The van der Waals surface area contributed by atoms with Crippen LogP contribution >= 0.6 is 0 Å². The standard InChI is InChI=1S/C20H32O4/c1-18-11-9-15-13(14(18)7-8-16(18)17(21)22)6-5-12-4-3-10-20(23,24)19(12,15)2/h12-16,23-24H,3-11H2,1-2H3,(H,21,22)/t12-,13+,14+,15+,16-,18+,19+/m1/s1. The average molecular weight is 336 g/mol. The fourth-order valence-corrected chi connectivity index (χ4v) is 7.77. The van der Waals surface area contributed by atoms with E-state index in [-0.39, 0.29) is 11.3 Å². The van der Waals surface area contributed by atoms with E-state index in [1.165, 1.54) is 0 Å². The molecule has 4 saturated carbocycles. The van der Waals surface area contributed by atoms with Crippen molar-refractivity contribution in [1.29, 1.82) is 0 Å².